The van der Waals surface area contributed by atoms with E-state index in [1.807, 2.05) is 26.1 Å². The molecular formula is C14H18N4. The first-order valence-corrected chi connectivity index (χ1v) is 5.97. The SMILES string of the molecule is Cc1nccnc1N(C)Cc1cccc(CN)c1. The Kier molecular flexibility index (Phi) is 3.89. The molecule has 0 radical (unpaired) electrons. The molecule has 0 atom stereocenters. The molecule has 0 spiro atoms. The Morgan fingerprint density at radius 2 is 1.89 bits per heavy atom. The zero-order chi connectivity index (χ0) is 13.0. The van der Waals surface area contributed by atoms with Crippen LogP contribution < -0.4 is 10.6 Å². The van der Waals surface area contributed by atoms with Crippen molar-refractivity contribution in [3.63, 3.8) is 0 Å². The maximum atomic E-state index is 5.65. The van der Waals surface area contributed by atoms with E-state index in [1.54, 1.807) is 12.4 Å². The molecule has 0 aliphatic heterocycles. The molecule has 0 saturated heterocycles. The van der Waals surface area contributed by atoms with Gasteiger partial charge in [-0.15, -0.1) is 0 Å². The lowest BCUT2D eigenvalue weighted by Crippen LogP contribution is -2.19. The van der Waals surface area contributed by atoms with Crippen LogP contribution in [0.15, 0.2) is 36.7 Å². The van der Waals surface area contributed by atoms with Gasteiger partial charge in [-0.25, -0.2) is 4.98 Å². The summed E-state index contributed by atoms with van der Waals surface area (Å²) in [5, 5.41) is 0. The second kappa shape index (κ2) is 5.60. The number of aryl methyl sites for hydroxylation is 1. The van der Waals surface area contributed by atoms with Gasteiger partial charge in [0, 0.05) is 32.5 Å². The van der Waals surface area contributed by atoms with Crippen LogP contribution >= 0.6 is 0 Å². The lowest BCUT2D eigenvalue weighted by molar-refractivity contribution is 0.874. The van der Waals surface area contributed by atoms with E-state index < -0.39 is 0 Å². The van der Waals surface area contributed by atoms with Crippen LogP contribution in [0.2, 0.25) is 0 Å². The summed E-state index contributed by atoms with van der Waals surface area (Å²) < 4.78 is 0. The number of aromatic nitrogens is 2. The van der Waals surface area contributed by atoms with Crippen molar-refractivity contribution >= 4 is 5.82 Å². The summed E-state index contributed by atoms with van der Waals surface area (Å²) in [5.74, 6) is 0.913. The molecule has 1 heterocycles. The van der Waals surface area contributed by atoms with Gasteiger partial charge in [0.1, 0.15) is 5.82 Å². The highest BCUT2D eigenvalue weighted by molar-refractivity contribution is 5.42. The third kappa shape index (κ3) is 2.84. The summed E-state index contributed by atoms with van der Waals surface area (Å²) in [6, 6.07) is 8.30. The molecule has 0 amide bonds. The van der Waals surface area contributed by atoms with Crippen molar-refractivity contribution in [1.82, 2.24) is 9.97 Å². The van der Waals surface area contributed by atoms with Gasteiger partial charge < -0.3 is 10.6 Å². The average molecular weight is 242 g/mol. The van der Waals surface area contributed by atoms with E-state index in [-0.39, 0.29) is 0 Å². The van der Waals surface area contributed by atoms with Crippen molar-refractivity contribution in [2.24, 2.45) is 5.73 Å². The zero-order valence-electron chi connectivity index (χ0n) is 10.8. The fraction of sp³-hybridized carbons (Fsp3) is 0.286. The lowest BCUT2D eigenvalue weighted by Gasteiger charge is -2.19. The molecule has 4 heteroatoms. The van der Waals surface area contributed by atoms with Crippen molar-refractivity contribution < 1.29 is 0 Å². The number of hydrogen-bond acceptors (Lipinski definition) is 4. The summed E-state index contributed by atoms with van der Waals surface area (Å²) in [4.78, 5) is 10.7. The summed E-state index contributed by atoms with van der Waals surface area (Å²) >= 11 is 0. The van der Waals surface area contributed by atoms with E-state index in [4.69, 9.17) is 5.73 Å². The Morgan fingerprint density at radius 1 is 1.17 bits per heavy atom. The summed E-state index contributed by atoms with van der Waals surface area (Å²) in [6.07, 6.45) is 3.43. The van der Waals surface area contributed by atoms with Gasteiger partial charge in [-0.2, -0.15) is 0 Å². The molecule has 2 N–H and O–H groups in total. The minimum atomic E-state index is 0.571. The molecule has 0 aliphatic rings. The van der Waals surface area contributed by atoms with Crippen molar-refractivity contribution in [3.8, 4) is 0 Å². The highest BCUT2D eigenvalue weighted by Gasteiger charge is 2.07. The van der Waals surface area contributed by atoms with Crippen LogP contribution in [0.3, 0.4) is 0 Å². The van der Waals surface area contributed by atoms with E-state index >= 15 is 0 Å². The molecular weight excluding hydrogens is 224 g/mol. The maximum absolute atomic E-state index is 5.65. The predicted octanol–water partition coefficient (Wildman–Crippen LogP) is 1.88. The van der Waals surface area contributed by atoms with Crippen molar-refractivity contribution in [2.75, 3.05) is 11.9 Å². The van der Waals surface area contributed by atoms with E-state index in [0.717, 1.165) is 23.6 Å². The Bertz CT molecular complexity index is 525. The average Bonchev–Trinajstić information content (AvgIpc) is 2.39. The normalized spacial score (nSPS) is 10.4. The summed E-state index contributed by atoms with van der Waals surface area (Å²) in [7, 11) is 2.02. The summed E-state index contributed by atoms with van der Waals surface area (Å²) in [5.41, 5.74) is 8.97. The van der Waals surface area contributed by atoms with Gasteiger partial charge in [0.25, 0.3) is 0 Å². The topological polar surface area (TPSA) is 55.0 Å². The Hall–Kier alpha value is -1.94. The van der Waals surface area contributed by atoms with Crippen molar-refractivity contribution in [2.45, 2.75) is 20.0 Å². The minimum Gasteiger partial charge on any atom is -0.354 e. The number of rotatable bonds is 4. The second-order valence-corrected chi connectivity index (χ2v) is 4.35. The Morgan fingerprint density at radius 3 is 2.61 bits per heavy atom. The largest absolute Gasteiger partial charge is 0.354 e. The van der Waals surface area contributed by atoms with Gasteiger partial charge in [0.2, 0.25) is 0 Å². The molecule has 0 fully saturated rings. The van der Waals surface area contributed by atoms with Gasteiger partial charge >= 0.3 is 0 Å². The van der Waals surface area contributed by atoms with E-state index in [0.29, 0.717) is 6.54 Å². The number of nitrogens with zero attached hydrogens (tertiary/aromatic N) is 3. The monoisotopic (exact) mass is 242 g/mol. The molecule has 0 bridgehead atoms. The fourth-order valence-corrected chi connectivity index (χ4v) is 1.98. The highest BCUT2D eigenvalue weighted by Crippen LogP contribution is 2.15. The third-order valence-corrected chi connectivity index (χ3v) is 2.86. The molecule has 2 rings (SSSR count). The van der Waals surface area contributed by atoms with Gasteiger partial charge in [-0.1, -0.05) is 24.3 Å². The molecule has 2 aromatic rings. The Balaban J connectivity index is 2.16. The van der Waals surface area contributed by atoms with Gasteiger partial charge in [-0.3, -0.25) is 4.98 Å². The van der Waals surface area contributed by atoms with Crippen LogP contribution in [-0.4, -0.2) is 17.0 Å². The third-order valence-electron chi connectivity index (χ3n) is 2.86. The van der Waals surface area contributed by atoms with Crippen molar-refractivity contribution in [1.29, 1.82) is 0 Å². The van der Waals surface area contributed by atoms with Gasteiger partial charge in [0.05, 0.1) is 5.69 Å². The van der Waals surface area contributed by atoms with Crippen LogP contribution in [0.1, 0.15) is 16.8 Å². The number of hydrogen-bond donors (Lipinski definition) is 1. The lowest BCUT2D eigenvalue weighted by atomic mass is 10.1. The molecule has 1 aromatic carbocycles. The first-order valence-electron chi connectivity index (χ1n) is 5.97. The van der Waals surface area contributed by atoms with Gasteiger partial charge in [-0.05, 0) is 18.1 Å². The molecule has 1 aromatic heterocycles. The highest BCUT2D eigenvalue weighted by atomic mass is 15.2. The molecule has 0 unspecified atom stereocenters. The van der Waals surface area contributed by atoms with E-state index in [1.165, 1.54) is 5.56 Å². The van der Waals surface area contributed by atoms with Crippen LogP contribution in [0.25, 0.3) is 0 Å². The molecule has 0 aliphatic carbocycles. The van der Waals surface area contributed by atoms with Crippen LogP contribution in [-0.2, 0) is 13.1 Å². The summed E-state index contributed by atoms with van der Waals surface area (Å²) in [6.45, 7) is 3.34. The van der Waals surface area contributed by atoms with E-state index in [2.05, 4.69) is 27.0 Å². The quantitative estimate of drug-likeness (QED) is 0.889. The standard InChI is InChI=1S/C14H18N4/c1-11-14(17-7-6-16-11)18(2)10-13-5-3-4-12(8-13)9-15/h3-8H,9-10,15H2,1-2H3. The smallest absolute Gasteiger partial charge is 0.150 e. The van der Waals surface area contributed by atoms with Crippen LogP contribution in [0, 0.1) is 6.92 Å². The van der Waals surface area contributed by atoms with Crippen LogP contribution in [0.4, 0.5) is 5.82 Å². The Labute approximate surface area is 107 Å². The molecule has 18 heavy (non-hydrogen) atoms. The predicted molar refractivity (Wildman–Crippen MR) is 73.2 cm³/mol. The van der Waals surface area contributed by atoms with Crippen LogP contribution in [0.5, 0.6) is 0 Å². The number of nitrogens with two attached hydrogens (primary N) is 1. The maximum Gasteiger partial charge on any atom is 0.150 e. The second-order valence-electron chi connectivity index (χ2n) is 4.35. The molecule has 0 saturated carbocycles. The zero-order valence-corrected chi connectivity index (χ0v) is 10.8. The fourth-order valence-electron chi connectivity index (χ4n) is 1.98. The number of benzene rings is 1. The van der Waals surface area contributed by atoms with Gasteiger partial charge in [0.15, 0.2) is 0 Å². The first kappa shape index (κ1) is 12.5. The minimum absolute atomic E-state index is 0.571. The van der Waals surface area contributed by atoms with Crippen molar-refractivity contribution in [3.05, 3.63) is 53.5 Å². The first-order chi connectivity index (χ1) is 8.70. The number of anilines is 1. The molecule has 94 valence electrons. The molecule has 4 nitrogen and oxygen atoms in total. The van der Waals surface area contributed by atoms with E-state index in [9.17, 15) is 0 Å².